The van der Waals surface area contributed by atoms with Crippen molar-refractivity contribution in [3.63, 3.8) is 0 Å². The summed E-state index contributed by atoms with van der Waals surface area (Å²) < 4.78 is 1.89. The van der Waals surface area contributed by atoms with Crippen LogP contribution >= 0.6 is 0 Å². The summed E-state index contributed by atoms with van der Waals surface area (Å²) in [6, 6.07) is 0. The van der Waals surface area contributed by atoms with Crippen LogP contribution in [0.4, 0.5) is 0 Å². The Morgan fingerprint density at radius 2 is 2.27 bits per heavy atom. The minimum absolute atomic E-state index is 0.355. The molecule has 0 aliphatic rings. The van der Waals surface area contributed by atoms with Crippen molar-refractivity contribution < 1.29 is 9.90 Å². The number of aryl methyl sites for hydroxylation is 1. The van der Waals surface area contributed by atoms with Crippen LogP contribution in [0.2, 0.25) is 0 Å². The molecule has 1 rings (SSSR count). The summed E-state index contributed by atoms with van der Waals surface area (Å²) in [5, 5.41) is 9.16. The predicted octanol–water partition coefficient (Wildman–Crippen LogP) is 2.12. The van der Waals surface area contributed by atoms with Gasteiger partial charge in [-0.1, -0.05) is 13.8 Å². The van der Waals surface area contributed by atoms with Gasteiger partial charge in [-0.2, -0.15) is 0 Å². The molecule has 1 N–H and O–H groups in total. The molecule has 0 amide bonds. The smallest absolute Gasteiger partial charge is 0.314 e. The highest BCUT2D eigenvalue weighted by atomic mass is 16.4. The van der Waals surface area contributed by atoms with Gasteiger partial charge in [-0.05, 0) is 19.3 Å². The highest BCUT2D eigenvalue weighted by Gasteiger charge is 2.24. The summed E-state index contributed by atoms with van der Waals surface area (Å²) in [6.45, 7) is 6.79. The third-order valence-electron chi connectivity index (χ3n) is 2.41. The van der Waals surface area contributed by atoms with E-state index in [1.54, 1.807) is 6.20 Å². The maximum Gasteiger partial charge on any atom is 0.314 e. The van der Waals surface area contributed by atoms with Gasteiger partial charge in [0.25, 0.3) is 0 Å². The SMILES string of the molecule is CCn1ccnc1C(CC(C)C)C(=O)O. The molecule has 0 radical (unpaired) electrons. The Kier molecular flexibility index (Phi) is 3.88. The van der Waals surface area contributed by atoms with Crippen molar-refractivity contribution >= 4 is 5.97 Å². The van der Waals surface area contributed by atoms with Crippen LogP contribution in [-0.2, 0) is 11.3 Å². The van der Waals surface area contributed by atoms with E-state index in [2.05, 4.69) is 4.98 Å². The number of aromatic nitrogens is 2. The Morgan fingerprint density at radius 1 is 1.60 bits per heavy atom. The Labute approximate surface area is 89.9 Å². The summed E-state index contributed by atoms with van der Waals surface area (Å²) in [5.41, 5.74) is 0. The maximum atomic E-state index is 11.1. The zero-order valence-corrected chi connectivity index (χ0v) is 9.47. The highest BCUT2D eigenvalue weighted by Crippen LogP contribution is 2.22. The second-order valence-electron chi connectivity index (χ2n) is 4.09. The van der Waals surface area contributed by atoms with Crippen molar-refractivity contribution in [2.24, 2.45) is 5.92 Å². The van der Waals surface area contributed by atoms with Crippen molar-refractivity contribution in [3.05, 3.63) is 18.2 Å². The molecule has 0 fully saturated rings. The summed E-state index contributed by atoms with van der Waals surface area (Å²) in [6.07, 6.45) is 4.12. The molecule has 0 bridgehead atoms. The van der Waals surface area contributed by atoms with Crippen LogP contribution in [0, 0.1) is 5.92 Å². The molecule has 1 unspecified atom stereocenters. The molecule has 1 atom stereocenters. The van der Waals surface area contributed by atoms with Crippen LogP contribution in [-0.4, -0.2) is 20.6 Å². The molecule has 0 spiro atoms. The van der Waals surface area contributed by atoms with Gasteiger partial charge in [0.05, 0.1) is 0 Å². The molecular formula is C11H18N2O2. The Hall–Kier alpha value is -1.32. The Bertz CT molecular complexity index is 331. The molecule has 0 aliphatic heterocycles. The average molecular weight is 210 g/mol. The van der Waals surface area contributed by atoms with Gasteiger partial charge >= 0.3 is 5.97 Å². The van der Waals surface area contributed by atoms with Gasteiger partial charge in [-0.25, -0.2) is 4.98 Å². The normalized spacial score (nSPS) is 13.1. The van der Waals surface area contributed by atoms with Crippen LogP contribution in [0.1, 0.15) is 38.9 Å². The molecule has 15 heavy (non-hydrogen) atoms. The van der Waals surface area contributed by atoms with E-state index in [9.17, 15) is 4.79 Å². The van der Waals surface area contributed by atoms with Crippen molar-refractivity contribution in [1.82, 2.24) is 9.55 Å². The Balaban J connectivity index is 2.93. The standard InChI is InChI=1S/C11H18N2O2/c1-4-13-6-5-12-10(13)9(11(14)15)7-8(2)3/h5-6,8-9H,4,7H2,1-3H3,(H,14,15). The summed E-state index contributed by atoms with van der Waals surface area (Å²) in [4.78, 5) is 15.3. The number of carboxylic acid groups (broad SMARTS) is 1. The van der Waals surface area contributed by atoms with E-state index in [-0.39, 0.29) is 0 Å². The zero-order valence-electron chi connectivity index (χ0n) is 9.47. The van der Waals surface area contributed by atoms with E-state index in [0.29, 0.717) is 18.2 Å². The largest absolute Gasteiger partial charge is 0.481 e. The second kappa shape index (κ2) is 4.96. The van der Waals surface area contributed by atoms with Gasteiger partial charge in [-0.3, -0.25) is 4.79 Å². The van der Waals surface area contributed by atoms with Gasteiger partial charge in [-0.15, -0.1) is 0 Å². The number of carboxylic acids is 1. The molecule has 84 valence electrons. The first-order chi connectivity index (χ1) is 7.06. The fourth-order valence-electron chi connectivity index (χ4n) is 1.69. The molecule has 1 aromatic heterocycles. The summed E-state index contributed by atoms with van der Waals surface area (Å²) >= 11 is 0. The lowest BCUT2D eigenvalue weighted by molar-refractivity contribution is -0.139. The van der Waals surface area contributed by atoms with Crippen LogP contribution in [0.3, 0.4) is 0 Å². The van der Waals surface area contributed by atoms with Crippen LogP contribution < -0.4 is 0 Å². The van der Waals surface area contributed by atoms with Gasteiger partial charge in [0, 0.05) is 18.9 Å². The van der Waals surface area contributed by atoms with Gasteiger partial charge in [0.15, 0.2) is 0 Å². The first kappa shape index (κ1) is 11.8. The third-order valence-corrected chi connectivity index (χ3v) is 2.41. The van der Waals surface area contributed by atoms with Gasteiger partial charge in [0.1, 0.15) is 11.7 Å². The van der Waals surface area contributed by atoms with E-state index >= 15 is 0 Å². The molecular weight excluding hydrogens is 192 g/mol. The number of aliphatic carboxylic acids is 1. The van der Waals surface area contributed by atoms with Crippen LogP contribution in [0.25, 0.3) is 0 Å². The van der Waals surface area contributed by atoms with E-state index in [1.165, 1.54) is 0 Å². The first-order valence-electron chi connectivity index (χ1n) is 5.30. The lowest BCUT2D eigenvalue weighted by Crippen LogP contribution is -2.18. The van der Waals surface area contributed by atoms with Crippen molar-refractivity contribution in [3.8, 4) is 0 Å². The lowest BCUT2D eigenvalue weighted by atomic mass is 9.96. The monoisotopic (exact) mass is 210 g/mol. The van der Waals surface area contributed by atoms with E-state index in [1.807, 2.05) is 31.5 Å². The topological polar surface area (TPSA) is 55.1 Å². The fraction of sp³-hybridized carbons (Fsp3) is 0.636. The predicted molar refractivity (Wildman–Crippen MR) is 57.7 cm³/mol. The van der Waals surface area contributed by atoms with E-state index < -0.39 is 11.9 Å². The minimum atomic E-state index is -0.787. The lowest BCUT2D eigenvalue weighted by Gasteiger charge is -2.15. The number of hydrogen-bond donors (Lipinski definition) is 1. The first-order valence-corrected chi connectivity index (χ1v) is 5.30. The van der Waals surface area contributed by atoms with E-state index in [0.717, 1.165) is 6.54 Å². The van der Waals surface area contributed by atoms with Crippen LogP contribution in [0.15, 0.2) is 12.4 Å². The Morgan fingerprint density at radius 3 is 2.73 bits per heavy atom. The van der Waals surface area contributed by atoms with E-state index in [4.69, 9.17) is 5.11 Å². The fourth-order valence-corrected chi connectivity index (χ4v) is 1.69. The molecule has 1 aromatic rings. The summed E-state index contributed by atoms with van der Waals surface area (Å²) in [7, 11) is 0. The van der Waals surface area contributed by atoms with Gasteiger partial charge in [0.2, 0.25) is 0 Å². The third kappa shape index (κ3) is 2.81. The second-order valence-corrected chi connectivity index (χ2v) is 4.09. The van der Waals surface area contributed by atoms with Gasteiger partial charge < -0.3 is 9.67 Å². The van der Waals surface area contributed by atoms with Crippen molar-refractivity contribution in [1.29, 1.82) is 0 Å². The molecule has 0 saturated carbocycles. The minimum Gasteiger partial charge on any atom is -0.481 e. The zero-order chi connectivity index (χ0) is 11.4. The molecule has 4 heteroatoms. The number of nitrogens with zero attached hydrogens (tertiary/aromatic N) is 2. The summed E-state index contributed by atoms with van der Waals surface area (Å²) in [5.74, 6) is -0.253. The van der Waals surface area contributed by atoms with Crippen molar-refractivity contribution in [2.45, 2.75) is 39.7 Å². The average Bonchev–Trinajstić information content (AvgIpc) is 2.60. The van der Waals surface area contributed by atoms with Crippen molar-refractivity contribution in [2.75, 3.05) is 0 Å². The number of carbonyl (C=O) groups is 1. The maximum absolute atomic E-state index is 11.1. The highest BCUT2D eigenvalue weighted by molar-refractivity contribution is 5.74. The number of imidazole rings is 1. The quantitative estimate of drug-likeness (QED) is 0.809. The molecule has 0 aromatic carbocycles. The number of rotatable bonds is 5. The molecule has 4 nitrogen and oxygen atoms in total. The number of hydrogen-bond acceptors (Lipinski definition) is 2. The van der Waals surface area contributed by atoms with Crippen LogP contribution in [0.5, 0.6) is 0 Å². The molecule has 0 saturated heterocycles. The molecule has 1 heterocycles. The molecule has 0 aliphatic carbocycles.